The molecule has 244 valence electrons. The molecular weight excluding hydrogens is 582 g/mol. The Balaban J connectivity index is 1.90. The SMILES string of the molecule is CC(C)[C@H](NC(=O)CNC(=O)[C@H](Cc1ccccc1)NC(=O)CNC(=O)OC(C)(C)C)C(=O)NCC(=O)OCc1ccccc1. The van der Waals surface area contributed by atoms with Crippen LogP contribution in [0.3, 0.4) is 0 Å². The highest BCUT2D eigenvalue weighted by Crippen LogP contribution is 2.07. The van der Waals surface area contributed by atoms with E-state index in [0.717, 1.165) is 11.1 Å². The minimum atomic E-state index is -1.07. The number of alkyl carbamates (subject to hydrolysis) is 1. The zero-order chi connectivity index (χ0) is 33.4. The maximum Gasteiger partial charge on any atom is 0.408 e. The van der Waals surface area contributed by atoms with Crippen molar-refractivity contribution in [3.8, 4) is 0 Å². The average molecular weight is 626 g/mol. The first-order valence-corrected chi connectivity index (χ1v) is 14.6. The third-order valence-electron chi connectivity index (χ3n) is 6.06. The molecule has 0 saturated heterocycles. The van der Waals surface area contributed by atoms with Gasteiger partial charge in [0.25, 0.3) is 0 Å². The first kappa shape index (κ1) is 36.3. The van der Waals surface area contributed by atoms with E-state index in [0.29, 0.717) is 0 Å². The van der Waals surface area contributed by atoms with Gasteiger partial charge < -0.3 is 36.1 Å². The van der Waals surface area contributed by atoms with Gasteiger partial charge in [-0.2, -0.15) is 0 Å². The van der Waals surface area contributed by atoms with Gasteiger partial charge in [0.1, 0.15) is 37.4 Å². The van der Waals surface area contributed by atoms with Gasteiger partial charge in [-0.15, -0.1) is 0 Å². The van der Waals surface area contributed by atoms with Crippen molar-refractivity contribution in [1.29, 1.82) is 0 Å². The van der Waals surface area contributed by atoms with Gasteiger partial charge in [-0.3, -0.25) is 24.0 Å². The van der Waals surface area contributed by atoms with Gasteiger partial charge in [0.15, 0.2) is 0 Å². The summed E-state index contributed by atoms with van der Waals surface area (Å²) in [5, 5.41) is 12.4. The Morgan fingerprint density at radius 3 is 1.80 bits per heavy atom. The second-order valence-corrected chi connectivity index (χ2v) is 11.5. The molecule has 5 N–H and O–H groups in total. The number of nitrogens with one attached hydrogen (secondary N) is 5. The van der Waals surface area contributed by atoms with Crippen molar-refractivity contribution in [2.24, 2.45) is 5.92 Å². The minimum Gasteiger partial charge on any atom is -0.460 e. The van der Waals surface area contributed by atoms with Crippen LogP contribution >= 0.6 is 0 Å². The van der Waals surface area contributed by atoms with Gasteiger partial charge in [-0.1, -0.05) is 74.5 Å². The molecule has 0 radical (unpaired) electrons. The molecule has 0 saturated carbocycles. The topological polar surface area (TPSA) is 181 Å². The smallest absolute Gasteiger partial charge is 0.408 e. The second-order valence-electron chi connectivity index (χ2n) is 11.5. The molecule has 2 aromatic rings. The van der Waals surface area contributed by atoms with E-state index in [2.05, 4.69) is 26.6 Å². The molecule has 13 nitrogen and oxygen atoms in total. The fraction of sp³-hybridized carbons (Fsp3) is 0.438. The molecule has 0 aliphatic heterocycles. The summed E-state index contributed by atoms with van der Waals surface area (Å²) in [7, 11) is 0. The lowest BCUT2D eigenvalue weighted by molar-refractivity contribution is -0.145. The van der Waals surface area contributed by atoms with Gasteiger partial charge in [-0.05, 0) is 37.8 Å². The number of benzene rings is 2. The monoisotopic (exact) mass is 625 g/mol. The fourth-order valence-corrected chi connectivity index (χ4v) is 3.88. The van der Waals surface area contributed by atoms with Gasteiger partial charge in [0.05, 0.1) is 6.54 Å². The summed E-state index contributed by atoms with van der Waals surface area (Å²) >= 11 is 0. The van der Waals surface area contributed by atoms with Crippen molar-refractivity contribution >= 4 is 35.7 Å². The van der Waals surface area contributed by atoms with Crippen LogP contribution in [0.2, 0.25) is 0 Å². The molecule has 2 rings (SSSR count). The van der Waals surface area contributed by atoms with Crippen LogP contribution in [0.15, 0.2) is 60.7 Å². The molecule has 0 unspecified atom stereocenters. The quantitative estimate of drug-likeness (QED) is 0.184. The first-order valence-electron chi connectivity index (χ1n) is 14.6. The van der Waals surface area contributed by atoms with Gasteiger partial charge in [-0.25, -0.2) is 4.79 Å². The summed E-state index contributed by atoms with van der Waals surface area (Å²) in [6.45, 7) is 7.25. The molecule has 0 aliphatic carbocycles. The van der Waals surface area contributed by atoms with E-state index in [1.807, 2.05) is 18.2 Å². The maximum absolute atomic E-state index is 13.1. The van der Waals surface area contributed by atoms with E-state index in [-0.39, 0.29) is 25.5 Å². The summed E-state index contributed by atoms with van der Waals surface area (Å²) in [6, 6.07) is 15.9. The molecule has 0 bridgehead atoms. The lowest BCUT2D eigenvalue weighted by atomic mass is 10.0. The van der Waals surface area contributed by atoms with Gasteiger partial charge >= 0.3 is 12.1 Å². The number of hydrogen-bond acceptors (Lipinski definition) is 8. The highest BCUT2D eigenvalue weighted by molar-refractivity contribution is 5.93. The van der Waals surface area contributed by atoms with Gasteiger partial charge in [0.2, 0.25) is 23.6 Å². The molecule has 2 atom stereocenters. The lowest BCUT2D eigenvalue weighted by Crippen LogP contribution is -2.55. The van der Waals surface area contributed by atoms with E-state index < -0.39 is 66.5 Å². The summed E-state index contributed by atoms with van der Waals surface area (Å²) in [5.41, 5.74) is 0.802. The number of esters is 1. The minimum absolute atomic E-state index is 0.0611. The zero-order valence-corrected chi connectivity index (χ0v) is 26.3. The lowest BCUT2D eigenvalue weighted by Gasteiger charge is -2.23. The van der Waals surface area contributed by atoms with Crippen LogP contribution in [-0.2, 0) is 46.5 Å². The summed E-state index contributed by atoms with van der Waals surface area (Å²) in [5.74, 6) is -3.51. The third kappa shape index (κ3) is 14.9. The number of hydrogen-bond donors (Lipinski definition) is 5. The van der Waals surface area contributed by atoms with Crippen LogP contribution in [0.1, 0.15) is 45.7 Å². The average Bonchev–Trinajstić information content (AvgIpc) is 2.99. The molecule has 0 aromatic heterocycles. The number of carbonyl (C=O) groups excluding carboxylic acids is 6. The van der Waals surface area contributed by atoms with Crippen LogP contribution in [0.4, 0.5) is 4.79 Å². The largest absolute Gasteiger partial charge is 0.460 e. The number of amides is 5. The standard InChI is InChI=1S/C32H43N5O8/c1-21(2)28(30(42)34-19-27(40)44-20-23-14-10-7-11-15-23)37-26(39)17-33-29(41)24(16-22-12-8-6-9-13-22)36-25(38)18-35-31(43)45-32(3,4)5/h6-15,21,24,28H,16-20H2,1-5H3,(H,33,41)(H,34,42)(H,35,43)(H,36,38)(H,37,39)/t24-,28-/m0/s1. The van der Waals surface area contributed by atoms with Crippen LogP contribution in [0.5, 0.6) is 0 Å². The molecule has 13 heteroatoms. The van der Waals surface area contributed by atoms with E-state index in [9.17, 15) is 28.8 Å². The van der Waals surface area contributed by atoms with E-state index in [4.69, 9.17) is 9.47 Å². The fourth-order valence-electron chi connectivity index (χ4n) is 3.88. The Morgan fingerprint density at radius 1 is 0.689 bits per heavy atom. The van der Waals surface area contributed by atoms with Crippen LogP contribution in [0.25, 0.3) is 0 Å². The van der Waals surface area contributed by atoms with Crippen LogP contribution in [-0.4, -0.2) is 73.0 Å². The molecular formula is C32H43N5O8. The first-order chi connectivity index (χ1) is 21.2. The molecule has 2 aromatic carbocycles. The van der Waals surface area contributed by atoms with Crippen molar-refractivity contribution in [3.63, 3.8) is 0 Å². The normalized spacial score (nSPS) is 12.2. The predicted octanol–water partition coefficient (Wildman–Crippen LogP) is 1.36. The highest BCUT2D eigenvalue weighted by Gasteiger charge is 2.26. The Morgan fingerprint density at radius 2 is 1.22 bits per heavy atom. The Hall–Kier alpha value is -4.94. The summed E-state index contributed by atoms with van der Waals surface area (Å²) in [6.07, 6.45) is -0.671. The summed E-state index contributed by atoms with van der Waals surface area (Å²) in [4.78, 5) is 75.1. The Labute approximate surface area is 263 Å². The van der Waals surface area contributed by atoms with Crippen LogP contribution < -0.4 is 26.6 Å². The number of carbonyl (C=O) groups is 6. The number of ether oxygens (including phenoxy) is 2. The molecule has 45 heavy (non-hydrogen) atoms. The van der Waals surface area contributed by atoms with E-state index >= 15 is 0 Å². The van der Waals surface area contributed by atoms with Gasteiger partial charge in [0, 0.05) is 6.42 Å². The second kappa shape index (κ2) is 18.0. The van der Waals surface area contributed by atoms with E-state index in [1.165, 1.54) is 0 Å². The number of rotatable bonds is 15. The highest BCUT2D eigenvalue weighted by atomic mass is 16.6. The maximum atomic E-state index is 13.1. The Bertz CT molecular complexity index is 1300. The molecule has 0 aliphatic rings. The zero-order valence-electron chi connectivity index (χ0n) is 26.3. The third-order valence-corrected chi connectivity index (χ3v) is 6.06. The molecule has 0 fully saturated rings. The summed E-state index contributed by atoms with van der Waals surface area (Å²) < 4.78 is 10.3. The Kier molecular flexibility index (Phi) is 14.5. The molecule has 0 spiro atoms. The predicted molar refractivity (Wildman–Crippen MR) is 165 cm³/mol. The van der Waals surface area contributed by atoms with Crippen molar-refractivity contribution in [2.45, 2.75) is 65.3 Å². The van der Waals surface area contributed by atoms with Crippen molar-refractivity contribution in [3.05, 3.63) is 71.8 Å². The molecule has 5 amide bonds. The van der Waals surface area contributed by atoms with Crippen molar-refractivity contribution in [2.75, 3.05) is 19.6 Å². The van der Waals surface area contributed by atoms with Crippen LogP contribution in [0, 0.1) is 5.92 Å². The van der Waals surface area contributed by atoms with Crippen molar-refractivity contribution < 1.29 is 38.2 Å². The molecule has 0 heterocycles. The van der Waals surface area contributed by atoms with E-state index in [1.54, 1.807) is 77.1 Å². The van der Waals surface area contributed by atoms with Crippen molar-refractivity contribution in [1.82, 2.24) is 26.6 Å².